The number of nitrogens with zero attached hydrogens (tertiary/aromatic N) is 4. The van der Waals surface area contributed by atoms with Gasteiger partial charge >= 0.3 is 11.5 Å². The van der Waals surface area contributed by atoms with Crippen molar-refractivity contribution in [3.8, 4) is 22.9 Å². The lowest BCUT2D eigenvalue weighted by Crippen LogP contribution is -2.51. The maximum Gasteiger partial charge on any atom is 0.446 e. The van der Waals surface area contributed by atoms with Gasteiger partial charge in [0.25, 0.3) is 0 Å². The fraction of sp³-hybridized carbons (Fsp3) is 0.533. The molecule has 4 aliphatic rings. The van der Waals surface area contributed by atoms with Gasteiger partial charge in [-0.3, -0.25) is 4.90 Å². The smallest absolute Gasteiger partial charge is 0.446 e. The standard InChI is InChI=1S/C30H32F5N5O3S/c31-22-12-21-26(25(32)24(22)20-11-19(41)3-4-23(20)44-30(33,34)35)37-28(38-27(21)40-13-17-1-2-18(14-40)36-17)43-16-29(5-6-29)15-39-7-9-42-10-8-39/h3-4,11-12,17-18,36,41H,1-2,5-10,13-16H2. The van der Waals surface area contributed by atoms with Gasteiger partial charge in [-0.05, 0) is 61.7 Å². The van der Waals surface area contributed by atoms with Crippen molar-refractivity contribution in [3.05, 3.63) is 35.9 Å². The monoisotopic (exact) mass is 637 g/mol. The number of anilines is 1. The molecule has 1 aliphatic carbocycles. The van der Waals surface area contributed by atoms with Gasteiger partial charge in [-0.2, -0.15) is 23.1 Å². The van der Waals surface area contributed by atoms with Crippen LogP contribution in [0.2, 0.25) is 0 Å². The first-order valence-corrected chi connectivity index (χ1v) is 15.6. The summed E-state index contributed by atoms with van der Waals surface area (Å²) >= 11 is -0.507. The van der Waals surface area contributed by atoms with Crippen LogP contribution in [0.5, 0.6) is 11.8 Å². The van der Waals surface area contributed by atoms with E-state index in [4.69, 9.17) is 9.47 Å². The van der Waals surface area contributed by atoms with Crippen LogP contribution in [-0.2, 0) is 4.74 Å². The van der Waals surface area contributed by atoms with Crippen LogP contribution in [0.15, 0.2) is 29.2 Å². The van der Waals surface area contributed by atoms with Gasteiger partial charge in [0.2, 0.25) is 0 Å². The zero-order valence-electron chi connectivity index (χ0n) is 23.8. The van der Waals surface area contributed by atoms with Gasteiger partial charge < -0.3 is 24.8 Å². The summed E-state index contributed by atoms with van der Waals surface area (Å²) in [6.07, 6.45) is 3.88. The lowest BCUT2D eigenvalue weighted by molar-refractivity contribution is -0.0328. The summed E-state index contributed by atoms with van der Waals surface area (Å²) in [7, 11) is 0. The lowest BCUT2D eigenvalue weighted by Gasteiger charge is -2.34. The van der Waals surface area contributed by atoms with Gasteiger partial charge in [0.1, 0.15) is 22.9 Å². The van der Waals surface area contributed by atoms with Gasteiger partial charge in [-0.1, -0.05) is 0 Å². The highest BCUT2D eigenvalue weighted by molar-refractivity contribution is 8.00. The number of aromatic nitrogens is 2. The largest absolute Gasteiger partial charge is 0.508 e. The SMILES string of the molecule is Oc1ccc(SC(F)(F)F)c(-c2c(F)cc3c(N4CC5CCC(C4)N5)nc(OCC4(CN5CCOCC5)CC4)nc3c2F)c1. The third-order valence-electron chi connectivity index (χ3n) is 8.94. The molecule has 44 heavy (non-hydrogen) atoms. The van der Waals surface area contributed by atoms with Crippen molar-refractivity contribution in [2.24, 2.45) is 5.41 Å². The van der Waals surface area contributed by atoms with Gasteiger partial charge in [0, 0.05) is 66.1 Å². The Labute approximate surface area is 254 Å². The number of benzene rings is 2. The normalized spacial score (nSPS) is 23.3. The van der Waals surface area contributed by atoms with Crippen LogP contribution in [-0.4, -0.2) is 90.1 Å². The predicted octanol–water partition coefficient (Wildman–Crippen LogP) is 5.32. The fourth-order valence-electron chi connectivity index (χ4n) is 6.59. The van der Waals surface area contributed by atoms with E-state index in [1.807, 2.05) is 4.90 Å². The summed E-state index contributed by atoms with van der Waals surface area (Å²) in [5.74, 6) is -2.32. The maximum atomic E-state index is 16.4. The molecule has 14 heteroatoms. The van der Waals surface area contributed by atoms with E-state index in [9.17, 15) is 18.3 Å². The molecule has 3 aliphatic heterocycles. The van der Waals surface area contributed by atoms with E-state index < -0.39 is 50.7 Å². The van der Waals surface area contributed by atoms with Crippen molar-refractivity contribution < 1.29 is 36.5 Å². The Morgan fingerprint density at radius 2 is 1.80 bits per heavy atom. The number of morpholine rings is 1. The predicted molar refractivity (Wildman–Crippen MR) is 155 cm³/mol. The number of rotatable bonds is 8. The minimum absolute atomic E-state index is 0.0658. The van der Waals surface area contributed by atoms with Crippen LogP contribution >= 0.6 is 11.8 Å². The number of halogens is 5. The number of aromatic hydroxyl groups is 1. The van der Waals surface area contributed by atoms with Crippen LogP contribution in [0.3, 0.4) is 0 Å². The van der Waals surface area contributed by atoms with Crippen LogP contribution in [0.4, 0.5) is 27.8 Å². The van der Waals surface area contributed by atoms with Crippen LogP contribution < -0.4 is 15.0 Å². The molecular formula is C30H32F5N5O3S. The zero-order chi connectivity index (χ0) is 30.6. The van der Waals surface area contributed by atoms with E-state index in [0.29, 0.717) is 38.7 Å². The fourth-order valence-corrected chi connectivity index (χ4v) is 7.24. The number of thioether (sulfide) groups is 1. The third-order valence-corrected chi connectivity index (χ3v) is 9.75. The average Bonchev–Trinajstić information content (AvgIpc) is 3.66. The molecule has 8 nitrogen and oxygen atoms in total. The number of phenolic OH excluding ortho intramolecular Hbond substituents is 1. The van der Waals surface area contributed by atoms with Crippen molar-refractivity contribution in [2.75, 3.05) is 57.4 Å². The highest BCUT2D eigenvalue weighted by Crippen LogP contribution is 2.48. The molecule has 1 aromatic heterocycles. The molecule has 0 spiro atoms. The Morgan fingerprint density at radius 1 is 1.07 bits per heavy atom. The minimum Gasteiger partial charge on any atom is -0.508 e. The molecular weight excluding hydrogens is 605 g/mol. The first-order chi connectivity index (χ1) is 21.1. The number of hydrogen-bond acceptors (Lipinski definition) is 9. The summed E-state index contributed by atoms with van der Waals surface area (Å²) in [6.45, 7) is 5.35. The zero-order valence-corrected chi connectivity index (χ0v) is 24.6. The first-order valence-electron chi connectivity index (χ1n) is 14.8. The average molecular weight is 638 g/mol. The summed E-state index contributed by atoms with van der Waals surface area (Å²) in [6, 6.07) is 4.38. The quantitative estimate of drug-likeness (QED) is 0.252. The molecule has 3 saturated heterocycles. The van der Waals surface area contributed by atoms with Gasteiger partial charge in [-0.25, -0.2) is 8.78 Å². The molecule has 3 aromatic rings. The van der Waals surface area contributed by atoms with Crippen molar-refractivity contribution in [1.82, 2.24) is 20.2 Å². The maximum absolute atomic E-state index is 16.4. The first kappa shape index (κ1) is 29.8. The van der Waals surface area contributed by atoms with E-state index in [1.54, 1.807) is 0 Å². The highest BCUT2D eigenvalue weighted by Gasteiger charge is 2.45. The van der Waals surface area contributed by atoms with Crippen molar-refractivity contribution in [2.45, 2.75) is 48.2 Å². The van der Waals surface area contributed by atoms with E-state index >= 15 is 8.78 Å². The molecule has 4 heterocycles. The van der Waals surface area contributed by atoms with Crippen molar-refractivity contribution in [3.63, 3.8) is 0 Å². The number of nitrogens with one attached hydrogen (secondary N) is 1. The Morgan fingerprint density at radius 3 is 2.48 bits per heavy atom. The Balaban J connectivity index is 1.29. The molecule has 2 atom stereocenters. The number of hydrogen-bond donors (Lipinski definition) is 2. The molecule has 1 saturated carbocycles. The summed E-state index contributed by atoms with van der Waals surface area (Å²) in [5.41, 5.74) is -6.18. The highest BCUT2D eigenvalue weighted by atomic mass is 32.2. The number of ether oxygens (including phenoxy) is 2. The number of piperazine rings is 1. The Kier molecular flexibility index (Phi) is 7.74. The summed E-state index contributed by atoms with van der Waals surface area (Å²) < 4.78 is 83.9. The van der Waals surface area contributed by atoms with E-state index in [0.717, 1.165) is 69.6 Å². The number of fused-ring (bicyclic) bond motifs is 3. The lowest BCUT2D eigenvalue weighted by atomic mass is 10.0. The topological polar surface area (TPSA) is 83.0 Å². The van der Waals surface area contributed by atoms with Crippen LogP contribution in [0, 0.1) is 17.0 Å². The molecule has 2 N–H and O–H groups in total. The van der Waals surface area contributed by atoms with E-state index in [-0.39, 0.29) is 34.4 Å². The number of phenols is 1. The molecule has 4 fully saturated rings. The second-order valence-corrected chi connectivity index (χ2v) is 13.3. The molecule has 0 amide bonds. The second-order valence-electron chi connectivity index (χ2n) is 12.2. The van der Waals surface area contributed by atoms with E-state index in [1.165, 1.54) is 0 Å². The van der Waals surface area contributed by atoms with Crippen molar-refractivity contribution >= 4 is 28.5 Å². The van der Waals surface area contributed by atoms with E-state index in [2.05, 4.69) is 20.2 Å². The molecule has 0 radical (unpaired) electrons. The molecule has 7 rings (SSSR count). The Bertz CT molecular complexity index is 1550. The van der Waals surface area contributed by atoms with Crippen LogP contribution in [0.25, 0.3) is 22.0 Å². The van der Waals surface area contributed by atoms with Gasteiger partial charge in [0.15, 0.2) is 5.82 Å². The second kappa shape index (κ2) is 11.5. The summed E-state index contributed by atoms with van der Waals surface area (Å²) in [5, 5.41) is 13.7. The van der Waals surface area contributed by atoms with Crippen LogP contribution in [0.1, 0.15) is 25.7 Å². The molecule has 2 aromatic carbocycles. The minimum atomic E-state index is -4.71. The molecule has 2 unspecified atom stereocenters. The number of alkyl halides is 3. The van der Waals surface area contributed by atoms with Gasteiger partial charge in [-0.15, -0.1) is 0 Å². The molecule has 2 bridgehead atoms. The third kappa shape index (κ3) is 6.13. The summed E-state index contributed by atoms with van der Waals surface area (Å²) in [4.78, 5) is 12.9. The molecule has 236 valence electrons. The van der Waals surface area contributed by atoms with Crippen molar-refractivity contribution in [1.29, 1.82) is 0 Å². The Hall–Kier alpha value is -2.94. The van der Waals surface area contributed by atoms with Gasteiger partial charge in [0.05, 0.1) is 25.4 Å².